The lowest BCUT2D eigenvalue weighted by Gasteiger charge is -2.34. The van der Waals surface area contributed by atoms with Crippen molar-refractivity contribution in [2.45, 2.75) is 25.4 Å². The Morgan fingerprint density at radius 2 is 2.29 bits per heavy atom. The number of thiophene rings is 1. The number of rotatable bonds is 4. The Morgan fingerprint density at radius 1 is 1.48 bits per heavy atom. The molecule has 1 fully saturated rings. The number of aliphatic hydroxyl groups excluding tert-OH is 1. The molecule has 0 radical (unpaired) electrons. The van der Waals surface area contributed by atoms with Crippen LogP contribution in [0.2, 0.25) is 0 Å². The molecule has 1 aliphatic heterocycles. The number of carbonyl (C=O) groups excluding carboxylic acids is 1. The standard InChI is InChI=1S/C15H18N2O2S2/c18-14(8-12-9-20-10-16-12)17-5-3-11(4-6-17)15(19)13-2-1-7-21-13/h1-2,7,9-11,15,19H,3-6,8H2. The molecular weight excluding hydrogens is 304 g/mol. The fourth-order valence-electron chi connectivity index (χ4n) is 2.75. The first-order valence-corrected chi connectivity index (χ1v) is 8.92. The second-order valence-corrected chi connectivity index (χ2v) is 7.03. The summed E-state index contributed by atoms with van der Waals surface area (Å²) < 4.78 is 0. The SMILES string of the molecule is O=C(Cc1cscn1)N1CCC(C(O)c2cccs2)CC1. The summed E-state index contributed by atoms with van der Waals surface area (Å²) in [6.07, 6.45) is 1.73. The van der Waals surface area contributed by atoms with Crippen LogP contribution >= 0.6 is 22.7 Å². The van der Waals surface area contributed by atoms with Crippen LogP contribution in [0.5, 0.6) is 0 Å². The molecule has 1 saturated heterocycles. The zero-order valence-corrected chi connectivity index (χ0v) is 13.3. The van der Waals surface area contributed by atoms with Gasteiger partial charge in [0.15, 0.2) is 0 Å². The van der Waals surface area contributed by atoms with Crippen molar-refractivity contribution in [1.82, 2.24) is 9.88 Å². The smallest absolute Gasteiger partial charge is 0.228 e. The Bertz CT molecular complexity index is 561. The highest BCUT2D eigenvalue weighted by atomic mass is 32.1. The second-order valence-electron chi connectivity index (χ2n) is 5.34. The number of nitrogens with zero attached hydrogens (tertiary/aromatic N) is 2. The minimum absolute atomic E-state index is 0.143. The summed E-state index contributed by atoms with van der Waals surface area (Å²) in [6.45, 7) is 1.46. The van der Waals surface area contributed by atoms with E-state index in [9.17, 15) is 9.90 Å². The number of aromatic nitrogens is 1. The molecule has 2 aromatic rings. The largest absolute Gasteiger partial charge is 0.387 e. The molecule has 1 amide bonds. The van der Waals surface area contributed by atoms with Gasteiger partial charge in [-0.3, -0.25) is 4.79 Å². The van der Waals surface area contributed by atoms with E-state index in [1.54, 1.807) is 16.8 Å². The van der Waals surface area contributed by atoms with E-state index in [-0.39, 0.29) is 17.9 Å². The number of thiazole rings is 1. The number of carbonyl (C=O) groups is 1. The summed E-state index contributed by atoms with van der Waals surface area (Å²) in [6, 6.07) is 3.95. The van der Waals surface area contributed by atoms with Gasteiger partial charge in [-0.25, -0.2) is 4.98 Å². The molecular formula is C15H18N2O2S2. The number of piperidine rings is 1. The molecule has 1 aliphatic rings. The van der Waals surface area contributed by atoms with E-state index in [0.29, 0.717) is 6.42 Å². The lowest BCUT2D eigenvalue weighted by Crippen LogP contribution is -2.40. The molecule has 1 atom stereocenters. The minimum Gasteiger partial charge on any atom is -0.387 e. The molecule has 4 nitrogen and oxygen atoms in total. The number of hydrogen-bond donors (Lipinski definition) is 1. The third-order valence-electron chi connectivity index (χ3n) is 3.99. The summed E-state index contributed by atoms with van der Waals surface area (Å²) in [4.78, 5) is 19.3. The van der Waals surface area contributed by atoms with E-state index >= 15 is 0 Å². The van der Waals surface area contributed by atoms with E-state index in [2.05, 4.69) is 4.98 Å². The number of likely N-dealkylation sites (tertiary alicyclic amines) is 1. The Balaban J connectivity index is 1.52. The normalized spacial score (nSPS) is 17.9. The molecule has 0 aliphatic carbocycles. The maximum absolute atomic E-state index is 12.2. The van der Waals surface area contributed by atoms with Crippen LogP contribution in [0.3, 0.4) is 0 Å². The maximum atomic E-state index is 12.2. The van der Waals surface area contributed by atoms with E-state index in [1.165, 1.54) is 11.3 Å². The van der Waals surface area contributed by atoms with Gasteiger partial charge in [-0.2, -0.15) is 0 Å². The number of aliphatic hydroxyl groups is 1. The minimum atomic E-state index is -0.388. The summed E-state index contributed by atoms with van der Waals surface area (Å²) in [5.41, 5.74) is 2.61. The molecule has 6 heteroatoms. The Kier molecular flexibility index (Phi) is 4.67. The molecule has 2 aromatic heterocycles. The molecule has 21 heavy (non-hydrogen) atoms. The van der Waals surface area contributed by atoms with Crippen molar-refractivity contribution in [3.63, 3.8) is 0 Å². The van der Waals surface area contributed by atoms with E-state index in [4.69, 9.17) is 0 Å². The molecule has 0 bridgehead atoms. The van der Waals surface area contributed by atoms with Crippen molar-refractivity contribution in [1.29, 1.82) is 0 Å². The predicted octanol–water partition coefficient (Wildman–Crippen LogP) is 2.72. The first-order chi connectivity index (χ1) is 10.2. The van der Waals surface area contributed by atoms with Crippen LogP contribution in [0, 0.1) is 5.92 Å². The van der Waals surface area contributed by atoms with Gasteiger partial charge in [-0.1, -0.05) is 6.07 Å². The topological polar surface area (TPSA) is 53.4 Å². The van der Waals surface area contributed by atoms with Crippen LogP contribution in [0.15, 0.2) is 28.4 Å². The van der Waals surface area contributed by atoms with Crippen LogP contribution < -0.4 is 0 Å². The van der Waals surface area contributed by atoms with Crippen LogP contribution in [0.1, 0.15) is 29.5 Å². The van der Waals surface area contributed by atoms with Crippen LogP contribution in [0.4, 0.5) is 0 Å². The van der Waals surface area contributed by atoms with Crippen molar-refractivity contribution in [3.05, 3.63) is 39.0 Å². The molecule has 0 saturated carbocycles. The van der Waals surface area contributed by atoms with Crippen molar-refractivity contribution in [2.75, 3.05) is 13.1 Å². The molecule has 0 spiro atoms. The average molecular weight is 322 g/mol. The van der Waals surface area contributed by atoms with Crippen LogP contribution in [-0.4, -0.2) is 34.0 Å². The van der Waals surface area contributed by atoms with Gasteiger partial charge in [0.05, 0.1) is 23.7 Å². The Hall–Kier alpha value is -1.24. The molecule has 112 valence electrons. The fraction of sp³-hybridized carbons (Fsp3) is 0.467. The van der Waals surface area contributed by atoms with Crippen LogP contribution in [-0.2, 0) is 11.2 Å². The highest BCUT2D eigenvalue weighted by molar-refractivity contribution is 7.10. The van der Waals surface area contributed by atoms with Gasteiger partial charge in [-0.05, 0) is 30.2 Å². The first kappa shape index (κ1) is 14.7. The van der Waals surface area contributed by atoms with Gasteiger partial charge in [0, 0.05) is 23.3 Å². The molecule has 1 unspecified atom stereocenters. The summed E-state index contributed by atoms with van der Waals surface area (Å²) in [7, 11) is 0. The Morgan fingerprint density at radius 3 is 2.90 bits per heavy atom. The van der Waals surface area contributed by atoms with Gasteiger partial charge in [0.1, 0.15) is 0 Å². The number of hydrogen-bond acceptors (Lipinski definition) is 5. The van der Waals surface area contributed by atoms with Crippen LogP contribution in [0.25, 0.3) is 0 Å². The lowest BCUT2D eigenvalue weighted by atomic mass is 9.90. The zero-order valence-electron chi connectivity index (χ0n) is 11.6. The van der Waals surface area contributed by atoms with Crippen molar-refractivity contribution in [2.24, 2.45) is 5.92 Å². The van der Waals surface area contributed by atoms with E-state index in [0.717, 1.165) is 36.5 Å². The zero-order chi connectivity index (χ0) is 14.7. The monoisotopic (exact) mass is 322 g/mol. The highest BCUT2D eigenvalue weighted by Crippen LogP contribution is 2.32. The summed E-state index contributed by atoms with van der Waals surface area (Å²) >= 11 is 3.11. The van der Waals surface area contributed by atoms with Gasteiger partial charge in [-0.15, -0.1) is 22.7 Å². The lowest BCUT2D eigenvalue weighted by molar-refractivity contribution is -0.132. The molecule has 3 rings (SSSR count). The van der Waals surface area contributed by atoms with Gasteiger partial charge in [0.25, 0.3) is 0 Å². The molecule has 3 heterocycles. The average Bonchev–Trinajstić information content (AvgIpc) is 3.20. The Labute approximate surface area is 132 Å². The summed E-state index contributed by atoms with van der Waals surface area (Å²) in [5.74, 6) is 0.400. The van der Waals surface area contributed by atoms with Gasteiger partial charge in [0.2, 0.25) is 5.91 Å². The molecule has 1 N–H and O–H groups in total. The second kappa shape index (κ2) is 6.68. The first-order valence-electron chi connectivity index (χ1n) is 7.10. The quantitative estimate of drug-likeness (QED) is 0.941. The van der Waals surface area contributed by atoms with Crippen molar-refractivity contribution >= 4 is 28.6 Å². The third kappa shape index (κ3) is 3.51. The van der Waals surface area contributed by atoms with Gasteiger partial charge < -0.3 is 10.0 Å². The highest BCUT2D eigenvalue weighted by Gasteiger charge is 2.28. The van der Waals surface area contributed by atoms with Gasteiger partial charge >= 0.3 is 0 Å². The predicted molar refractivity (Wildman–Crippen MR) is 84.4 cm³/mol. The molecule has 0 aromatic carbocycles. The fourth-order valence-corrected chi connectivity index (χ4v) is 4.11. The van der Waals surface area contributed by atoms with Crippen molar-refractivity contribution < 1.29 is 9.90 Å². The number of amides is 1. The van der Waals surface area contributed by atoms with E-state index < -0.39 is 0 Å². The summed E-state index contributed by atoms with van der Waals surface area (Å²) in [5, 5.41) is 14.3. The van der Waals surface area contributed by atoms with Crippen molar-refractivity contribution in [3.8, 4) is 0 Å². The maximum Gasteiger partial charge on any atom is 0.228 e. The van der Waals surface area contributed by atoms with E-state index in [1.807, 2.05) is 27.8 Å². The third-order valence-corrected chi connectivity index (χ3v) is 5.57.